The molecule has 2 aliphatic rings. The fourth-order valence-corrected chi connectivity index (χ4v) is 4.82. The van der Waals surface area contributed by atoms with Gasteiger partial charge in [-0.2, -0.15) is 0 Å². The minimum atomic E-state index is -4.89. The number of alkyl halides is 3. The number of hydrogen-bond acceptors (Lipinski definition) is 7. The van der Waals surface area contributed by atoms with Crippen LogP contribution in [0.3, 0.4) is 0 Å². The van der Waals surface area contributed by atoms with Gasteiger partial charge in [0.05, 0.1) is 31.5 Å². The number of nitrogens with one attached hydrogen (secondary N) is 1. The topological polar surface area (TPSA) is 106 Å². The quantitative estimate of drug-likeness (QED) is 0.373. The lowest BCUT2D eigenvalue weighted by Crippen LogP contribution is -2.61. The molecule has 1 saturated heterocycles. The lowest BCUT2D eigenvalue weighted by atomic mass is 9.78. The largest absolute Gasteiger partial charge is 0.573 e. The van der Waals surface area contributed by atoms with Gasteiger partial charge in [0.15, 0.2) is 5.60 Å². The lowest BCUT2D eigenvalue weighted by molar-refractivity contribution is -0.274. The summed E-state index contributed by atoms with van der Waals surface area (Å²) in [4.78, 5) is 13.5. The summed E-state index contributed by atoms with van der Waals surface area (Å²) in [6.45, 7) is -0.0252. The summed E-state index contributed by atoms with van der Waals surface area (Å²) < 4.78 is 86.6. The molecule has 0 radical (unpaired) electrons. The maximum absolute atomic E-state index is 14.3. The number of aliphatic hydroxyl groups is 2. The van der Waals surface area contributed by atoms with E-state index in [2.05, 4.69) is 10.1 Å². The Labute approximate surface area is 227 Å². The lowest BCUT2D eigenvalue weighted by Gasteiger charge is -2.44. The van der Waals surface area contributed by atoms with Gasteiger partial charge in [0.1, 0.15) is 23.5 Å². The third kappa shape index (κ3) is 7.88. The molecule has 2 fully saturated rings. The number of amides is 1. The van der Waals surface area contributed by atoms with E-state index in [4.69, 9.17) is 14.2 Å². The number of carbonyl (C=O) groups excluding carboxylic acids is 1. The van der Waals surface area contributed by atoms with Gasteiger partial charge in [-0.05, 0) is 36.6 Å². The molecule has 220 valence electrons. The molecule has 5 atom stereocenters. The Morgan fingerprint density at radius 3 is 2.60 bits per heavy atom. The molecule has 40 heavy (non-hydrogen) atoms. The highest BCUT2D eigenvalue weighted by Crippen LogP contribution is 2.36. The van der Waals surface area contributed by atoms with E-state index in [-0.39, 0.29) is 43.2 Å². The SMILES string of the molecule is O=C(NC[C@H]1CCCO1)[C@]1(OCc2ccc(F)cc2F)C[C@@H](O)[C@@H](O)[C@@H](OCc2cccc(OC(F)(F)F)c2)C1. The molecular weight excluding hydrogens is 545 g/mol. The summed E-state index contributed by atoms with van der Waals surface area (Å²) in [5.74, 6) is -2.80. The van der Waals surface area contributed by atoms with Crippen LogP contribution in [0.1, 0.15) is 36.8 Å². The molecule has 2 aromatic rings. The first kappa shape index (κ1) is 30.1. The smallest absolute Gasteiger partial charge is 0.406 e. The van der Waals surface area contributed by atoms with Crippen LogP contribution in [-0.2, 0) is 32.2 Å². The second-order valence-electron chi connectivity index (χ2n) is 9.87. The van der Waals surface area contributed by atoms with Gasteiger partial charge in [-0.25, -0.2) is 8.78 Å². The molecule has 4 rings (SSSR count). The predicted molar refractivity (Wildman–Crippen MR) is 129 cm³/mol. The zero-order valence-corrected chi connectivity index (χ0v) is 21.3. The van der Waals surface area contributed by atoms with E-state index in [1.54, 1.807) is 0 Å². The zero-order valence-electron chi connectivity index (χ0n) is 21.3. The Balaban J connectivity index is 1.51. The second-order valence-corrected chi connectivity index (χ2v) is 9.87. The van der Waals surface area contributed by atoms with Crippen molar-refractivity contribution in [1.82, 2.24) is 5.32 Å². The third-order valence-corrected chi connectivity index (χ3v) is 6.89. The number of benzene rings is 2. The second kappa shape index (κ2) is 12.8. The Morgan fingerprint density at radius 1 is 1.10 bits per heavy atom. The Morgan fingerprint density at radius 2 is 1.90 bits per heavy atom. The molecule has 13 heteroatoms. The van der Waals surface area contributed by atoms with Crippen molar-refractivity contribution in [2.75, 3.05) is 13.2 Å². The summed E-state index contributed by atoms with van der Waals surface area (Å²) in [5.41, 5.74) is -1.55. The molecule has 0 aromatic heterocycles. The van der Waals surface area contributed by atoms with Crippen LogP contribution < -0.4 is 10.1 Å². The minimum Gasteiger partial charge on any atom is -0.406 e. The van der Waals surface area contributed by atoms with E-state index in [0.29, 0.717) is 12.7 Å². The Hall–Kier alpha value is -2.84. The molecule has 1 heterocycles. The molecule has 1 aliphatic carbocycles. The maximum atomic E-state index is 14.3. The third-order valence-electron chi connectivity index (χ3n) is 6.89. The Bertz CT molecular complexity index is 1160. The van der Waals surface area contributed by atoms with Crippen LogP contribution in [0.25, 0.3) is 0 Å². The van der Waals surface area contributed by atoms with Crippen LogP contribution in [0.5, 0.6) is 5.75 Å². The van der Waals surface area contributed by atoms with Crippen molar-refractivity contribution in [2.45, 2.75) is 75.3 Å². The highest BCUT2D eigenvalue weighted by Gasteiger charge is 2.51. The van der Waals surface area contributed by atoms with Crippen LogP contribution in [0.15, 0.2) is 42.5 Å². The molecule has 1 saturated carbocycles. The normalized spacial score (nSPS) is 27.0. The molecular formula is C27H30F5NO7. The van der Waals surface area contributed by atoms with Gasteiger partial charge in [0.25, 0.3) is 5.91 Å². The monoisotopic (exact) mass is 575 g/mol. The fourth-order valence-electron chi connectivity index (χ4n) is 4.82. The standard InChI is InChI=1S/C27H30F5NO7/c28-18-7-6-17(21(29)10-18)15-39-26(25(36)33-13-20-5-2-8-37-20)11-22(34)24(35)23(12-26)38-14-16-3-1-4-19(9-16)40-27(30,31)32/h1,3-4,6-7,9-10,20,22-24,34-35H,2,5,8,11-15H2,(H,33,36)/t20-,22-,23+,24-,26+/m1/s1. The van der Waals surface area contributed by atoms with Crippen molar-refractivity contribution < 1.29 is 55.9 Å². The van der Waals surface area contributed by atoms with E-state index in [0.717, 1.165) is 31.0 Å². The summed E-state index contributed by atoms with van der Waals surface area (Å²) >= 11 is 0. The van der Waals surface area contributed by atoms with E-state index in [1.807, 2.05) is 0 Å². The van der Waals surface area contributed by atoms with Gasteiger partial charge < -0.3 is 34.5 Å². The van der Waals surface area contributed by atoms with Crippen LogP contribution in [0.4, 0.5) is 22.0 Å². The maximum Gasteiger partial charge on any atom is 0.573 e. The molecule has 1 aliphatic heterocycles. The summed E-state index contributed by atoms with van der Waals surface area (Å²) in [6, 6.07) is 7.90. The van der Waals surface area contributed by atoms with Gasteiger partial charge >= 0.3 is 6.36 Å². The molecule has 8 nitrogen and oxygen atoms in total. The van der Waals surface area contributed by atoms with Crippen molar-refractivity contribution in [2.24, 2.45) is 0 Å². The van der Waals surface area contributed by atoms with Crippen LogP contribution >= 0.6 is 0 Å². The summed E-state index contributed by atoms with van der Waals surface area (Å²) in [7, 11) is 0. The molecule has 0 bridgehead atoms. The van der Waals surface area contributed by atoms with Crippen molar-refractivity contribution >= 4 is 5.91 Å². The predicted octanol–water partition coefficient (Wildman–Crippen LogP) is 3.52. The number of hydrogen-bond donors (Lipinski definition) is 3. The number of halogens is 5. The van der Waals surface area contributed by atoms with Gasteiger partial charge in [0, 0.05) is 37.6 Å². The van der Waals surface area contributed by atoms with Gasteiger partial charge in [-0.15, -0.1) is 13.2 Å². The number of aliphatic hydroxyl groups excluding tert-OH is 2. The zero-order chi connectivity index (χ0) is 28.9. The number of carbonyl (C=O) groups is 1. The van der Waals surface area contributed by atoms with Crippen molar-refractivity contribution in [1.29, 1.82) is 0 Å². The molecule has 2 aromatic carbocycles. The average molecular weight is 576 g/mol. The molecule has 3 N–H and O–H groups in total. The van der Waals surface area contributed by atoms with Crippen molar-refractivity contribution in [3.63, 3.8) is 0 Å². The van der Waals surface area contributed by atoms with E-state index < -0.39 is 60.2 Å². The first-order valence-corrected chi connectivity index (χ1v) is 12.7. The minimum absolute atomic E-state index is 0.0349. The average Bonchev–Trinajstić information content (AvgIpc) is 3.41. The molecule has 1 amide bonds. The fraction of sp³-hybridized carbons (Fsp3) is 0.519. The highest BCUT2D eigenvalue weighted by molar-refractivity contribution is 5.85. The number of rotatable bonds is 10. The van der Waals surface area contributed by atoms with Crippen LogP contribution in [0.2, 0.25) is 0 Å². The molecule has 0 unspecified atom stereocenters. The van der Waals surface area contributed by atoms with Crippen molar-refractivity contribution in [3.8, 4) is 5.75 Å². The first-order chi connectivity index (χ1) is 18.9. The highest BCUT2D eigenvalue weighted by atomic mass is 19.4. The van der Waals surface area contributed by atoms with E-state index in [9.17, 15) is 37.0 Å². The Kier molecular flexibility index (Phi) is 9.62. The van der Waals surface area contributed by atoms with E-state index >= 15 is 0 Å². The van der Waals surface area contributed by atoms with Gasteiger partial charge in [-0.1, -0.05) is 18.2 Å². The van der Waals surface area contributed by atoms with Crippen LogP contribution in [-0.4, -0.2) is 65.7 Å². The van der Waals surface area contributed by atoms with Crippen LogP contribution in [0, 0.1) is 11.6 Å². The summed E-state index contributed by atoms with van der Waals surface area (Å²) in [6.07, 6.45) is -8.31. The van der Waals surface area contributed by atoms with Gasteiger partial charge in [-0.3, -0.25) is 4.79 Å². The number of ether oxygens (including phenoxy) is 4. The molecule has 0 spiro atoms. The van der Waals surface area contributed by atoms with Gasteiger partial charge in [0.2, 0.25) is 0 Å². The van der Waals surface area contributed by atoms with E-state index in [1.165, 1.54) is 18.2 Å². The first-order valence-electron chi connectivity index (χ1n) is 12.7. The van der Waals surface area contributed by atoms with Crippen molar-refractivity contribution in [3.05, 3.63) is 65.2 Å². The summed E-state index contributed by atoms with van der Waals surface area (Å²) in [5, 5.41) is 24.1.